The number of thiazole rings is 1. The molecule has 20 heavy (non-hydrogen) atoms. The molecule has 1 aromatic carbocycles. The number of nitrogen functional groups attached to an aromatic ring is 1. The van der Waals surface area contributed by atoms with Crippen molar-refractivity contribution >= 4 is 32.4 Å². The summed E-state index contributed by atoms with van der Waals surface area (Å²) >= 11 is 1.40. The highest BCUT2D eigenvalue weighted by molar-refractivity contribution is 7.22. The van der Waals surface area contributed by atoms with E-state index in [1.54, 1.807) is 0 Å². The van der Waals surface area contributed by atoms with E-state index in [0.29, 0.717) is 18.2 Å². The van der Waals surface area contributed by atoms with E-state index in [0.717, 1.165) is 15.9 Å². The second-order valence-electron chi connectivity index (χ2n) is 4.98. The molecule has 0 spiro atoms. The Hall–Kier alpha value is -1.50. The molecule has 2 N–H and O–H groups in total. The Bertz CT molecular complexity index is 615. The Labute approximate surface area is 118 Å². The average Bonchev–Trinajstić information content (AvgIpc) is 2.78. The minimum atomic E-state index is -4.08. The van der Waals surface area contributed by atoms with Gasteiger partial charge < -0.3 is 10.6 Å². The molecule has 0 bridgehead atoms. The number of anilines is 2. The summed E-state index contributed by atoms with van der Waals surface area (Å²) in [5, 5.41) is 0.484. The number of hydrogen-bond acceptors (Lipinski definition) is 4. The third-order valence-corrected chi connectivity index (χ3v) is 4.56. The van der Waals surface area contributed by atoms with Gasteiger partial charge in [0.25, 0.3) is 0 Å². The third kappa shape index (κ3) is 2.42. The highest BCUT2D eigenvalue weighted by Gasteiger charge is 2.41. The Morgan fingerprint density at radius 1 is 1.25 bits per heavy atom. The molecule has 2 aromatic rings. The molecule has 1 aliphatic rings. The number of rotatable bonds is 1. The lowest BCUT2D eigenvalue weighted by Gasteiger charge is -2.34. The van der Waals surface area contributed by atoms with Crippen LogP contribution in [0.25, 0.3) is 10.2 Å². The average molecular weight is 301 g/mol. The zero-order valence-electron chi connectivity index (χ0n) is 10.7. The predicted octanol–water partition coefficient (Wildman–Crippen LogP) is 3.66. The largest absolute Gasteiger partial charge is 0.391 e. The molecule has 1 fully saturated rings. The Balaban J connectivity index is 1.83. The van der Waals surface area contributed by atoms with Gasteiger partial charge in [0.05, 0.1) is 16.3 Å². The van der Waals surface area contributed by atoms with Crippen LogP contribution in [0.15, 0.2) is 18.2 Å². The second-order valence-corrected chi connectivity index (χ2v) is 6.04. The molecular formula is C13H14F3N3S. The molecule has 7 heteroatoms. The zero-order chi connectivity index (χ0) is 14.3. The summed E-state index contributed by atoms with van der Waals surface area (Å²) in [7, 11) is 0. The molecular weight excluding hydrogens is 287 g/mol. The van der Waals surface area contributed by atoms with Gasteiger partial charge in [0.2, 0.25) is 0 Å². The van der Waals surface area contributed by atoms with Crippen LogP contribution in [0.2, 0.25) is 0 Å². The number of nitrogens with two attached hydrogens (primary N) is 1. The first kappa shape index (κ1) is 13.5. The first-order valence-electron chi connectivity index (χ1n) is 6.42. The highest BCUT2D eigenvalue weighted by atomic mass is 32.1. The van der Waals surface area contributed by atoms with Crippen LogP contribution >= 0.6 is 11.3 Å². The quantitative estimate of drug-likeness (QED) is 0.874. The van der Waals surface area contributed by atoms with Crippen molar-refractivity contribution in [2.75, 3.05) is 23.7 Å². The van der Waals surface area contributed by atoms with Gasteiger partial charge >= 0.3 is 6.18 Å². The molecule has 108 valence electrons. The van der Waals surface area contributed by atoms with Crippen LogP contribution in [-0.4, -0.2) is 24.2 Å². The van der Waals surface area contributed by atoms with Crippen LogP contribution < -0.4 is 10.6 Å². The van der Waals surface area contributed by atoms with Crippen LogP contribution in [0.4, 0.5) is 24.0 Å². The molecule has 1 aromatic heterocycles. The molecule has 0 atom stereocenters. The van der Waals surface area contributed by atoms with Gasteiger partial charge in [0.15, 0.2) is 5.13 Å². The number of alkyl halides is 3. The van der Waals surface area contributed by atoms with Crippen molar-refractivity contribution in [1.29, 1.82) is 0 Å². The SMILES string of the molecule is Nc1nc2c(N3CCC(C(F)(F)F)CC3)cccc2s1. The van der Waals surface area contributed by atoms with Crippen molar-refractivity contribution in [3.05, 3.63) is 18.2 Å². The van der Waals surface area contributed by atoms with Crippen molar-refractivity contribution in [1.82, 2.24) is 4.98 Å². The van der Waals surface area contributed by atoms with Crippen molar-refractivity contribution < 1.29 is 13.2 Å². The summed E-state index contributed by atoms with van der Waals surface area (Å²) in [4.78, 5) is 6.26. The minimum absolute atomic E-state index is 0.138. The lowest BCUT2D eigenvalue weighted by atomic mass is 9.96. The smallest absolute Gasteiger partial charge is 0.375 e. The molecule has 1 saturated heterocycles. The number of para-hydroxylation sites is 1. The van der Waals surface area contributed by atoms with Crippen molar-refractivity contribution in [3.63, 3.8) is 0 Å². The molecule has 0 unspecified atom stereocenters. The van der Waals surface area contributed by atoms with E-state index < -0.39 is 12.1 Å². The lowest BCUT2D eigenvalue weighted by molar-refractivity contribution is -0.179. The van der Waals surface area contributed by atoms with Gasteiger partial charge in [-0.1, -0.05) is 17.4 Å². The molecule has 0 aliphatic carbocycles. The van der Waals surface area contributed by atoms with E-state index in [-0.39, 0.29) is 12.8 Å². The van der Waals surface area contributed by atoms with E-state index in [1.165, 1.54) is 11.3 Å². The van der Waals surface area contributed by atoms with E-state index in [4.69, 9.17) is 5.73 Å². The maximum atomic E-state index is 12.7. The fourth-order valence-electron chi connectivity index (χ4n) is 2.65. The summed E-state index contributed by atoms with van der Waals surface area (Å²) in [5.41, 5.74) is 7.39. The fourth-order valence-corrected chi connectivity index (χ4v) is 3.41. The normalized spacial score (nSPS) is 17.9. The number of benzene rings is 1. The fraction of sp³-hybridized carbons (Fsp3) is 0.462. The third-order valence-electron chi connectivity index (χ3n) is 3.71. The van der Waals surface area contributed by atoms with Crippen LogP contribution in [0.1, 0.15) is 12.8 Å². The maximum absolute atomic E-state index is 12.7. The molecule has 0 amide bonds. The maximum Gasteiger partial charge on any atom is 0.391 e. The lowest BCUT2D eigenvalue weighted by Crippen LogP contribution is -2.39. The number of fused-ring (bicyclic) bond motifs is 1. The molecule has 2 heterocycles. The summed E-state index contributed by atoms with van der Waals surface area (Å²) in [6, 6.07) is 5.72. The molecule has 0 saturated carbocycles. The standard InChI is InChI=1S/C13H14F3N3S/c14-13(15,16)8-4-6-19(7-5-8)9-2-1-3-10-11(9)18-12(17)20-10/h1-3,8H,4-7H2,(H2,17,18). The van der Waals surface area contributed by atoms with Gasteiger partial charge in [-0.2, -0.15) is 13.2 Å². The first-order valence-corrected chi connectivity index (χ1v) is 7.23. The Kier molecular flexibility index (Phi) is 3.24. The summed E-state index contributed by atoms with van der Waals surface area (Å²) < 4.78 is 39.0. The van der Waals surface area contributed by atoms with Crippen LogP contribution in [0, 0.1) is 5.92 Å². The Morgan fingerprint density at radius 2 is 1.95 bits per heavy atom. The summed E-state index contributed by atoms with van der Waals surface area (Å²) in [6.45, 7) is 0.807. The number of piperidine rings is 1. The van der Waals surface area contributed by atoms with Crippen molar-refractivity contribution in [2.45, 2.75) is 19.0 Å². The topological polar surface area (TPSA) is 42.1 Å². The molecule has 3 nitrogen and oxygen atoms in total. The number of aromatic nitrogens is 1. The van der Waals surface area contributed by atoms with Crippen LogP contribution in [-0.2, 0) is 0 Å². The van der Waals surface area contributed by atoms with Gasteiger partial charge in [-0.3, -0.25) is 0 Å². The number of hydrogen-bond donors (Lipinski definition) is 1. The predicted molar refractivity (Wildman–Crippen MR) is 75.0 cm³/mol. The van der Waals surface area contributed by atoms with Gasteiger partial charge in [-0.15, -0.1) is 0 Å². The Morgan fingerprint density at radius 3 is 2.60 bits per heavy atom. The highest BCUT2D eigenvalue weighted by Crippen LogP contribution is 2.37. The van der Waals surface area contributed by atoms with Crippen molar-refractivity contribution in [2.24, 2.45) is 5.92 Å². The van der Waals surface area contributed by atoms with E-state index >= 15 is 0 Å². The monoisotopic (exact) mass is 301 g/mol. The molecule has 1 aliphatic heterocycles. The number of nitrogens with zero attached hydrogens (tertiary/aromatic N) is 2. The van der Waals surface area contributed by atoms with Gasteiger partial charge in [-0.05, 0) is 25.0 Å². The summed E-state index contributed by atoms with van der Waals surface area (Å²) in [5.74, 6) is -1.18. The number of halogens is 3. The van der Waals surface area contributed by atoms with Gasteiger partial charge in [0.1, 0.15) is 5.52 Å². The van der Waals surface area contributed by atoms with Gasteiger partial charge in [0, 0.05) is 13.1 Å². The summed E-state index contributed by atoms with van der Waals surface area (Å²) in [6.07, 6.45) is -3.80. The van der Waals surface area contributed by atoms with E-state index in [2.05, 4.69) is 4.98 Å². The molecule has 3 rings (SSSR count). The van der Waals surface area contributed by atoms with Crippen molar-refractivity contribution in [3.8, 4) is 0 Å². The molecule has 0 radical (unpaired) electrons. The van der Waals surface area contributed by atoms with E-state index in [9.17, 15) is 13.2 Å². The van der Waals surface area contributed by atoms with Crippen LogP contribution in [0.3, 0.4) is 0 Å². The van der Waals surface area contributed by atoms with E-state index in [1.807, 2.05) is 23.1 Å². The zero-order valence-corrected chi connectivity index (χ0v) is 11.5. The van der Waals surface area contributed by atoms with Gasteiger partial charge in [-0.25, -0.2) is 4.98 Å². The first-order chi connectivity index (χ1) is 9.45. The van der Waals surface area contributed by atoms with Crippen LogP contribution in [0.5, 0.6) is 0 Å². The second kappa shape index (κ2) is 4.80. The minimum Gasteiger partial charge on any atom is -0.375 e.